The molecule has 2 unspecified atom stereocenters. The van der Waals surface area contributed by atoms with Crippen molar-refractivity contribution in [3.8, 4) is 12.3 Å². The quantitative estimate of drug-likeness (QED) is 0.794. The standard InChI is InChI=1S/C17H27N3O/c1-6-11(2)20-14(15(18)19-16(20)21)12-7-9-13(10-8-12)17(3,4)5/h1,11-14H,7-10H2,2-5H3,(H2,18,19,21). The predicted octanol–water partition coefficient (Wildman–Crippen LogP) is 3.02. The van der Waals surface area contributed by atoms with E-state index in [-0.39, 0.29) is 18.1 Å². The molecule has 1 aliphatic heterocycles. The van der Waals surface area contributed by atoms with E-state index in [9.17, 15) is 4.79 Å². The molecule has 1 heterocycles. The first kappa shape index (κ1) is 15.9. The summed E-state index contributed by atoms with van der Waals surface area (Å²) >= 11 is 0. The van der Waals surface area contributed by atoms with Gasteiger partial charge in [-0.3, -0.25) is 4.90 Å². The summed E-state index contributed by atoms with van der Waals surface area (Å²) in [6, 6.07) is -0.641. The van der Waals surface area contributed by atoms with Gasteiger partial charge in [-0.25, -0.2) is 4.79 Å². The van der Waals surface area contributed by atoms with Crippen LogP contribution in [0, 0.1) is 29.6 Å². The summed E-state index contributed by atoms with van der Waals surface area (Å²) in [7, 11) is 0. The molecule has 1 aliphatic carbocycles. The van der Waals surface area contributed by atoms with Crippen molar-refractivity contribution in [2.24, 2.45) is 28.0 Å². The van der Waals surface area contributed by atoms with Crippen LogP contribution >= 0.6 is 0 Å². The van der Waals surface area contributed by atoms with E-state index in [0.29, 0.717) is 17.2 Å². The number of hydrogen-bond acceptors (Lipinski definition) is 2. The molecule has 2 amide bonds. The summed E-state index contributed by atoms with van der Waals surface area (Å²) in [6.07, 6.45) is 10.0. The van der Waals surface area contributed by atoms with Gasteiger partial charge >= 0.3 is 6.03 Å². The Balaban J connectivity index is 2.10. The Morgan fingerprint density at radius 2 is 1.90 bits per heavy atom. The summed E-state index contributed by atoms with van der Waals surface area (Å²) in [4.78, 5) is 17.7. The van der Waals surface area contributed by atoms with E-state index in [1.165, 1.54) is 12.8 Å². The summed E-state index contributed by atoms with van der Waals surface area (Å²) in [5, 5.41) is 0. The second-order valence-corrected chi connectivity index (χ2v) is 7.49. The molecular weight excluding hydrogens is 262 g/mol. The summed E-state index contributed by atoms with van der Waals surface area (Å²) in [5.74, 6) is 4.20. The molecule has 4 nitrogen and oxygen atoms in total. The molecular formula is C17H27N3O. The van der Waals surface area contributed by atoms with Gasteiger partial charge in [-0.15, -0.1) is 6.42 Å². The average molecular weight is 289 g/mol. The molecule has 0 aromatic rings. The van der Waals surface area contributed by atoms with Crippen LogP contribution in [0.4, 0.5) is 4.79 Å². The molecule has 4 heteroatoms. The van der Waals surface area contributed by atoms with Crippen LogP contribution in [0.5, 0.6) is 0 Å². The molecule has 0 aromatic carbocycles. The Hall–Kier alpha value is -1.50. The third-order valence-electron chi connectivity index (χ3n) is 5.15. The Kier molecular flexibility index (Phi) is 4.32. The zero-order chi connectivity index (χ0) is 15.8. The summed E-state index contributed by atoms with van der Waals surface area (Å²) in [6.45, 7) is 8.78. The Morgan fingerprint density at radius 1 is 1.33 bits per heavy atom. The number of carbonyl (C=O) groups is 1. The van der Waals surface area contributed by atoms with Crippen LogP contribution in [0.1, 0.15) is 53.4 Å². The van der Waals surface area contributed by atoms with E-state index >= 15 is 0 Å². The maximum atomic E-state index is 12.0. The monoisotopic (exact) mass is 289 g/mol. The fraction of sp³-hybridized carbons (Fsp3) is 0.765. The van der Waals surface area contributed by atoms with E-state index < -0.39 is 0 Å². The molecule has 1 fully saturated rings. The Bertz CT molecular complexity index is 475. The van der Waals surface area contributed by atoms with Crippen LogP contribution in [0.3, 0.4) is 0 Å². The van der Waals surface area contributed by atoms with E-state index in [1.807, 2.05) is 6.92 Å². The third-order valence-corrected chi connectivity index (χ3v) is 5.15. The van der Waals surface area contributed by atoms with Crippen molar-refractivity contribution in [3.05, 3.63) is 0 Å². The second kappa shape index (κ2) is 5.71. The van der Waals surface area contributed by atoms with Gasteiger partial charge in [0.05, 0.1) is 12.1 Å². The highest BCUT2D eigenvalue weighted by atomic mass is 16.2. The van der Waals surface area contributed by atoms with Gasteiger partial charge < -0.3 is 5.73 Å². The number of nitrogens with two attached hydrogens (primary N) is 1. The SMILES string of the molecule is C#CC(C)N1C(=O)N=C(N)C1C1CCC(C(C)(C)C)CC1. The molecule has 21 heavy (non-hydrogen) atoms. The zero-order valence-corrected chi connectivity index (χ0v) is 13.6. The van der Waals surface area contributed by atoms with Crippen LogP contribution in [0.2, 0.25) is 0 Å². The fourth-order valence-electron chi connectivity index (χ4n) is 3.75. The minimum absolute atomic E-state index is 0.107. The van der Waals surface area contributed by atoms with Crippen molar-refractivity contribution in [3.63, 3.8) is 0 Å². The smallest absolute Gasteiger partial charge is 0.346 e. The molecule has 1 saturated carbocycles. The third kappa shape index (κ3) is 3.07. The van der Waals surface area contributed by atoms with E-state index in [1.54, 1.807) is 4.90 Å². The maximum absolute atomic E-state index is 12.0. The first-order valence-electron chi connectivity index (χ1n) is 7.88. The van der Waals surface area contributed by atoms with Crippen molar-refractivity contribution in [1.29, 1.82) is 0 Å². The highest BCUT2D eigenvalue weighted by Crippen LogP contribution is 2.42. The molecule has 2 aliphatic rings. The predicted molar refractivity (Wildman–Crippen MR) is 85.8 cm³/mol. The number of rotatable bonds is 2. The lowest BCUT2D eigenvalue weighted by atomic mass is 9.68. The minimum atomic E-state index is -0.277. The number of terminal acetylenes is 1. The van der Waals surface area contributed by atoms with Crippen LogP contribution in [-0.2, 0) is 0 Å². The van der Waals surface area contributed by atoms with E-state index in [0.717, 1.165) is 18.8 Å². The van der Waals surface area contributed by atoms with Crippen molar-refractivity contribution in [2.75, 3.05) is 0 Å². The summed E-state index contributed by atoms with van der Waals surface area (Å²) in [5.41, 5.74) is 6.37. The normalized spacial score (nSPS) is 31.8. The Labute approximate surface area is 128 Å². The number of nitrogens with zero attached hydrogens (tertiary/aromatic N) is 2. The van der Waals surface area contributed by atoms with Crippen LogP contribution in [0.25, 0.3) is 0 Å². The maximum Gasteiger partial charge on any atom is 0.346 e. The van der Waals surface area contributed by atoms with Gasteiger partial charge in [0.2, 0.25) is 0 Å². The molecule has 0 aromatic heterocycles. The van der Waals surface area contributed by atoms with E-state index in [4.69, 9.17) is 12.2 Å². The van der Waals surface area contributed by atoms with Crippen molar-refractivity contribution in [2.45, 2.75) is 65.5 Å². The first-order valence-corrected chi connectivity index (χ1v) is 7.88. The number of urea groups is 1. The lowest BCUT2D eigenvalue weighted by Gasteiger charge is -2.41. The molecule has 116 valence electrons. The first-order chi connectivity index (χ1) is 9.75. The molecule has 0 bridgehead atoms. The molecule has 0 radical (unpaired) electrons. The molecule has 0 spiro atoms. The second-order valence-electron chi connectivity index (χ2n) is 7.49. The van der Waals surface area contributed by atoms with Gasteiger partial charge in [0.25, 0.3) is 0 Å². The average Bonchev–Trinajstić information content (AvgIpc) is 2.71. The van der Waals surface area contributed by atoms with Gasteiger partial charge in [0.15, 0.2) is 0 Å². The highest BCUT2D eigenvalue weighted by molar-refractivity contribution is 6.03. The Morgan fingerprint density at radius 3 is 2.38 bits per heavy atom. The molecule has 2 rings (SSSR count). The van der Waals surface area contributed by atoms with Crippen molar-refractivity contribution < 1.29 is 4.79 Å². The fourth-order valence-corrected chi connectivity index (χ4v) is 3.75. The molecule has 2 N–H and O–H groups in total. The number of aliphatic imine (C=N–C) groups is 1. The van der Waals surface area contributed by atoms with Gasteiger partial charge in [-0.2, -0.15) is 4.99 Å². The van der Waals surface area contributed by atoms with Crippen molar-refractivity contribution in [1.82, 2.24) is 4.90 Å². The lowest BCUT2D eigenvalue weighted by Crippen LogP contribution is -2.50. The highest BCUT2D eigenvalue weighted by Gasteiger charge is 2.43. The number of carbonyl (C=O) groups excluding carboxylic acids is 1. The molecule has 0 saturated heterocycles. The zero-order valence-electron chi connectivity index (χ0n) is 13.6. The largest absolute Gasteiger partial charge is 0.385 e. The van der Waals surface area contributed by atoms with Crippen LogP contribution < -0.4 is 5.73 Å². The van der Waals surface area contributed by atoms with Crippen LogP contribution in [0.15, 0.2) is 4.99 Å². The number of hydrogen-bond donors (Lipinski definition) is 1. The number of amidine groups is 1. The lowest BCUT2D eigenvalue weighted by molar-refractivity contribution is 0.115. The van der Waals surface area contributed by atoms with Gasteiger partial charge in [-0.05, 0) is 49.9 Å². The summed E-state index contributed by atoms with van der Waals surface area (Å²) < 4.78 is 0. The van der Waals surface area contributed by atoms with E-state index in [2.05, 4.69) is 31.7 Å². The van der Waals surface area contributed by atoms with Crippen LogP contribution in [-0.4, -0.2) is 28.9 Å². The van der Waals surface area contributed by atoms with Gasteiger partial charge in [-0.1, -0.05) is 26.7 Å². The van der Waals surface area contributed by atoms with Crippen molar-refractivity contribution >= 4 is 11.9 Å². The number of amides is 2. The minimum Gasteiger partial charge on any atom is -0.385 e. The topological polar surface area (TPSA) is 58.7 Å². The van der Waals surface area contributed by atoms with Gasteiger partial charge in [0.1, 0.15) is 5.84 Å². The molecule has 2 atom stereocenters. The van der Waals surface area contributed by atoms with Gasteiger partial charge in [0, 0.05) is 0 Å².